The van der Waals surface area contributed by atoms with Gasteiger partial charge < -0.3 is 19.3 Å². The Bertz CT molecular complexity index is 838. The van der Waals surface area contributed by atoms with Crippen molar-refractivity contribution in [2.75, 3.05) is 13.7 Å². The van der Waals surface area contributed by atoms with Crippen molar-refractivity contribution >= 4 is 17.5 Å². The minimum atomic E-state index is -1.22. The van der Waals surface area contributed by atoms with E-state index in [9.17, 15) is 14.7 Å². The summed E-state index contributed by atoms with van der Waals surface area (Å²) in [5, 5.41) is 9.83. The number of aryl methyl sites for hydroxylation is 3. The fourth-order valence-corrected chi connectivity index (χ4v) is 4.75. The first-order valence-corrected chi connectivity index (χ1v) is 10.0. The van der Waals surface area contributed by atoms with Gasteiger partial charge in [0.15, 0.2) is 11.6 Å². The maximum atomic E-state index is 13.4. The molecule has 0 aromatic heterocycles. The average molecular weight is 402 g/mol. The number of ether oxygens (including phenoxy) is 3. The van der Waals surface area contributed by atoms with E-state index in [2.05, 4.69) is 0 Å². The number of ketones is 1. The van der Waals surface area contributed by atoms with Crippen LogP contribution in [0.5, 0.6) is 0 Å². The van der Waals surface area contributed by atoms with E-state index in [0.29, 0.717) is 30.8 Å². The summed E-state index contributed by atoms with van der Waals surface area (Å²) in [7, 11) is 1.26. The smallest absolute Gasteiger partial charge is 0.437 e. The van der Waals surface area contributed by atoms with Crippen molar-refractivity contribution < 1.29 is 28.9 Å². The van der Waals surface area contributed by atoms with Gasteiger partial charge in [0, 0.05) is 11.8 Å². The number of hydrogen-bond acceptors (Lipinski definition) is 6. The topological polar surface area (TPSA) is 82.1 Å². The Morgan fingerprint density at radius 2 is 1.72 bits per heavy atom. The second kappa shape index (κ2) is 7.92. The number of carbonyl (C=O) groups excluding carboxylic acids is 2. The van der Waals surface area contributed by atoms with Crippen LogP contribution < -0.4 is 0 Å². The molecule has 6 nitrogen and oxygen atoms in total. The fraction of sp³-hybridized carbons (Fsp3) is 0.565. The summed E-state index contributed by atoms with van der Waals surface area (Å²) in [5.74, 6) is -1.13. The molecule has 1 saturated carbocycles. The zero-order valence-corrected chi connectivity index (χ0v) is 18.0. The second-order valence-electron chi connectivity index (χ2n) is 8.74. The van der Waals surface area contributed by atoms with E-state index < -0.39 is 11.9 Å². The highest BCUT2D eigenvalue weighted by Gasteiger charge is 2.50. The van der Waals surface area contributed by atoms with Crippen LogP contribution in [0.25, 0.3) is 5.57 Å². The molecule has 0 bridgehead atoms. The number of fused-ring (bicyclic) bond motifs is 1. The highest BCUT2D eigenvalue weighted by atomic mass is 16.7. The first kappa shape index (κ1) is 21.5. The van der Waals surface area contributed by atoms with Gasteiger partial charge in [-0.1, -0.05) is 17.7 Å². The summed E-state index contributed by atoms with van der Waals surface area (Å²) in [6.45, 7) is 9.48. The minimum Gasteiger partial charge on any atom is -0.437 e. The fourth-order valence-electron chi connectivity index (χ4n) is 4.75. The van der Waals surface area contributed by atoms with Gasteiger partial charge in [0.2, 0.25) is 0 Å². The molecular formula is C23H30O6. The van der Waals surface area contributed by atoms with Crippen LogP contribution in [0.3, 0.4) is 0 Å². The standard InChI is InChI=1S/C23H30O6/c1-12-7-13(2)18(14(3)8-12)19-20(24)16-9-15(11-28-23(4,5)26)10-17(16)21(19)29-22(25)27-6/h7-8,15-17,26H,9-11H2,1-6H3. The van der Waals surface area contributed by atoms with Crippen LogP contribution >= 0.6 is 0 Å². The first-order chi connectivity index (χ1) is 13.5. The van der Waals surface area contributed by atoms with Gasteiger partial charge in [-0.05, 0) is 70.1 Å². The van der Waals surface area contributed by atoms with E-state index in [-0.39, 0.29) is 23.5 Å². The number of hydrogen-bond donors (Lipinski definition) is 1. The number of methoxy groups -OCH3 is 1. The second-order valence-corrected chi connectivity index (χ2v) is 8.74. The van der Waals surface area contributed by atoms with Crippen LogP contribution in [-0.4, -0.2) is 36.5 Å². The van der Waals surface area contributed by atoms with E-state index >= 15 is 0 Å². The molecular weight excluding hydrogens is 372 g/mol. The molecule has 158 valence electrons. The average Bonchev–Trinajstić information content (AvgIpc) is 3.12. The molecule has 1 aromatic rings. The summed E-state index contributed by atoms with van der Waals surface area (Å²) >= 11 is 0. The lowest BCUT2D eigenvalue weighted by atomic mass is 9.90. The number of Topliss-reactive ketones (excluding diaryl/α,β-unsaturated/α-hetero) is 1. The van der Waals surface area contributed by atoms with Crippen molar-refractivity contribution in [2.24, 2.45) is 17.8 Å². The Hall–Kier alpha value is -2.18. The third-order valence-electron chi connectivity index (χ3n) is 5.79. The molecule has 1 aromatic carbocycles. The quantitative estimate of drug-likeness (QED) is 0.590. The van der Waals surface area contributed by atoms with E-state index in [1.54, 1.807) is 13.8 Å². The van der Waals surface area contributed by atoms with E-state index in [4.69, 9.17) is 14.2 Å². The van der Waals surface area contributed by atoms with E-state index in [1.807, 2.05) is 32.9 Å². The van der Waals surface area contributed by atoms with Gasteiger partial charge in [0.05, 0.1) is 19.3 Å². The van der Waals surface area contributed by atoms with Crippen molar-refractivity contribution in [1.82, 2.24) is 0 Å². The maximum absolute atomic E-state index is 13.4. The number of aliphatic hydroxyl groups is 1. The van der Waals surface area contributed by atoms with Gasteiger partial charge in [-0.15, -0.1) is 0 Å². The van der Waals surface area contributed by atoms with Crippen LogP contribution in [0, 0.1) is 38.5 Å². The maximum Gasteiger partial charge on any atom is 0.513 e. The van der Waals surface area contributed by atoms with Crippen molar-refractivity contribution in [3.05, 3.63) is 40.1 Å². The normalized spacial score (nSPS) is 24.1. The van der Waals surface area contributed by atoms with Crippen LogP contribution in [0.1, 0.15) is 48.9 Å². The molecule has 1 fully saturated rings. The molecule has 6 heteroatoms. The molecule has 1 N–H and O–H groups in total. The molecule has 0 heterocycles. The SMILES string of the molecule is COC(=O)OC1=C(c2c(C)cc(C)cc2C)C(=O)C2CC(COC(C)(C)O)CC12. The first-order valence-electron chi connectivity index (χ1n) is 10.0. The molecule has 3 rings (SSSR count). The highest BCUT2D eigenvalue weighted by molar-refractivity contribution is 6.25. The molecule has 3 unspecified atom stereocenters. The van der Waals surface area contributed by atoms with E-state index in [0.717, 1.165) is 22.3 Å². The lowest BCUT2D eigenvalue weighted by Gasteiger charge is -2.22. The summed E-state index contributed by atoms with van der Waals surface area (Å²) in [6.07, 6.45) is 0.484. The molecule has 0 amide bonds. The zero-order chi connectivity index (χ0) is 21.5. The Kier molecular flexibility index (Phi) is 5.88. The van der Waals surface area contributed by atoms with Gasteiger partial charge in [-0.2, -0.15) is 0 Å². The molecule has 29 heavy (non-hydrogen) atoms. The molecule has 0 aliphatic heterocycles. The lowest BCUT2D eigenvalue weighted by molar-refractivity contribution is -0.183. The van der Waals surface area contributed by atoms with Gasteiger partial charge in [0.25, 0.3) is 0 Å². The van der Waals surface area contributed by atoms with Gasteiger partial charge >= 0.3 is 6.16 Å². The molecule has 3 atom stereocenters. The number of allylic oxidation sites excluding steroid dienone is 2. The summed E-state index contributed by atoms with van der Waals surface area (Å²) < 4.78 is 15.8. The van der Waals surface area contributed by atoms with Gasteiger partial charge in [-0.3, -0.25) is 4.79 Å². The zero-order valence-electron chi connectivity index (χ0n) is 18.0. The number of rotatable bonds is 5. The summed E-state index contributed by atoms with van der Waals surface area (Å²) in [4.78, 5) is 25.4. The predicted molar refractivity (Wildman–Crippen MR) is 108 cm³/mol. The van der Waals surface area contributed by atoms with Gasteiger partial charge in [-0.25, -0.2) is 4.79 Å². The minimum absolute atomic E-state index is 0.00900. The van der Waals surface area contributed by atoms with Crippen LogP contribution in [0.4, 0.5) is 4.79 Å². The number of benzene rings is 1. The highest BCUT2D eigenvalue weighted by Crippen LogP contribution is 2.52. The van der Waals surface area contributed by atoms with Crippen LogP contribution in [-0.2, 0) is 19.0 Å². The Balaban J connectivity index is 1.99. The van der Waals surface area contributed by atoms with Crippen molar-refractivity contribution in [2.45, 2.75) is 53.2 Å². The number of carbonyl (C=O) groups is 2. The summed E-state index contributed by atoms with van der Waals surface area (Å²) in [5.41, 5.74) is 4.44. The predicted octanol–water partition coefficient (Wildman–Crippen LogP) is 4.08. The molecule has 2 aliphatic rings. The molecule has 0 radical (unpaired) electrons. The van der Waals surface area contributed by atoms with Crippen molar-refractivity contribution in [1.29, 1.82) is 0 Å². The Morgan fingerprint density at radius 3 is 2.28 bits per heavy atom. The van der Waals surface area contributed by atoms with Gasteiger partial charge in [0.1, 0.15) is 5.76 Å². The van der Waals surface area contributed by atoms with E-state index in [1.165, 1.54) is 7.11 Å². The summed E-state index contributed by atoms with van der Waals surface area (Å²) in [6, 6.07) is 4.07. The van der Waals surface area contributed by atoms with Crippen molar-refractivity contribution in [3.63, 3.8) is 0 Å². The van der Waals surface area contributed by atoms with Crippen molar-refractivity contribution in [3.8, 4) is 0 Å². The van der Waals surface area contributed by atoms with Crippen LogP contribution in [0.2, 0.25) is 0 Å². The molecule has 0 saturated heterocycles. The third kappa shape index (κ3) is 4.38. The Labute approximate surface area is 171 Å². The third-order valence-corrected chi connectivity index (χ3v) is 5.79. The van der Waals surface area contributed by atoms with Crippen LogP contribution in [0.15, 0.2) is 17.9 Å². The monoisotopic (exact) mass is 402 g/mol. The largest absolute Gasteiger partial charge is 0.513 e. The molecule has 2 aliphatic carbocycles. The molecule has 0 spiro atoms. The lowest BCUT2D eigenvalue weighted by Crippen LogP contribution is -2.26. The Morgan fingerprint density at radius 1 is 1.14 bits per heavy atom.